The van der Waals surface area contributed by atoms with Crippen molar-refractivity contribution in [2.75, 3.05) is 13.2 Å². The van der Waals surface area contributed by atoms with Crippen molar-refractivity contribution >= 4 is 22.4 Å². The predicted octanol–water partition coefficient (Wildman–Crippen LogP) is 6.58. The Bertz CT molecular complexity index is 1410. The van der Waals surface area contributed by atoms with Crippen molar-refractivity contribution in [2.45, 2.75) is 26.4 Å². The molecule has 0 aliphatic carbocycles. The molecule has 1 N–H and O–H groups in total. The predicted molar refractivity (Wildman–Crippen MR) is 150 cm³/mol. The number of ether oxygens (including phenoxy) is 2. The van der Waals surface area contributed by atoms with Gasteiger partial charge in [0.05, 0.1) is 17.7 Å². The minimum atomic E-state index is -0.550. The summed E-state index contributed by atoms with van der Waals surface area (Å²) in [5, 5.41) is 10.1. The van der Waals surface area contributed by atoms with Crippen molar-refractivity contribution in [3.8, 4) is 5.75 Å². The van der Waals surface area contributed by atoms with E-state index in [-0.39, 0.29) is 19.1 Å². The Labute approximate surface area is 223 Å². The van der Waals surface area contributed by atoms with Crippen LogP contribution in [0.4, 0.5) is 0 Å². The number of esters is 1. The molecule has 2 aromatic heterocycles. The van der Waals surface area contributed by atoms with Gasteiger partial charge in [-0.3, -0.25) is 9.97 Å². The number of aromatic nitrogens is 2. The third-order valence-corrected chi connectivity index (χ3v) is 6.26. The Morgan fingerprint density at radius 3 is 2.47 bits per heavy atom. The zero-order valence-corrected chi connectivity index (χ0v) is 21.7. The van der Waals surface area contributed by atoms with Gasteiger partial charge in [-0.2, -0.15) is 0 Å². The third-order valence-electron chi connectivity index (χ3n) is 6.26. The smallest absolute Gasteiger partial charge is 0.338 e. The number of hydrogen-bond donors (Lipinski definition) is 1. The fraction of sp³-hybridized carbons (Fsp3) is 0.219. The first-order valence-corrected chi connectivity index (χ1v) is 12.7. The molecule has 0 saturated carbocycles. The van der Waals surface area contributed by atoms with Crippen molar-refractivity contribution in [1.29, 1.82) is 0 Å². The normalized spacial score (nSPS) is 12.4. The number of fused-ring (bicyclic) bond motifs is 1. The lowest BCUT2D eigenvalue weighted by Crippen LogP contribution is -2.12. The lowest BCUT2D eigenvalue weighted by molar-refractivity contribution is 0.0303. The molecular formula is C32H32N2O4. The second-order valence-corrected chi connectivity index (χ2v) is 9.22. The van der Waals surface area contributed by atoms with Crippen LogP contribution in [0.3, 0.4) is 0 Å². The third kappa shape index (κ3) is 6.72. The van der Waals surface area contributed by atoms with Gasteiger partial charge in [-0.05, 0) is 59.0 Å². The van der Waals surface area contributed by atoms with Crippen LogP contribution < -0.4 is 4.74 Å². The summed E-state index contributed by atoms with van der Waals surface area (Å²) in [5.74, 6) is 0.421. The molecule has 0 unspecified atom stereocenters. The molecule has 194 valence electrons. The summed E-state index contributed by atoms with van der Waals surface area (Å²) < 4.78 is 11.5. The number of carbonyl (C=O) groups excluding carboxylic acids is 1. The first kappa shape index (κ1) is 26.8. The number of pyridine rings is 2. The van der Waals surface area contributed by atoms with Gasteiger partial charge in [-0.25, -0.2) is 4.79 Å². The van der Waals surface area contributed by atoms with Gasteiger partial charge < -0.3 is 14.6 Å². The second kappa shape index (κ2) is 12.8. The van der Waals surface area contributed by atoms with Crippen molar-refractivity contribution < 1.29 is 19.4 Å². The van der Waals surface area contributed by atoms with Crippen molar-refractivity contribution in [3.63, 3.8) is 0 Å². The Kier molecular flexibility index (Phi) is 9.01. The first-order chi connectivity index (χ1) is 18.5. The van der Waals surface area contributed by atoms with Crippen LogP contribution in [0.25, 0.3) is 16.5 Å². The van der Waals surface area contributed by atoms with Crippen LogP contribution >= 0.6 is 0 Å². The molecule has 38 heavy (non-hydrogen) atoms. The van der Waals surface area contributed by atoms with Gasteiger partial charge in [0.1, 0.15) is 18.5 Å². The summed E-state index contributed by atoms with van der Waals surface area (Å²) in [5.41, 5.74) is 5.11. The largest absolute Gasteiger partial charge is 0.491 e. The number of rotatable bonds is 11. The van der Waals surface area contributed by atoms with Gasteiger partial charge in [-0.15, -0.1) is 0 Å². The number of aliphatic hydroxyl groups excluding tert-OH is 1. The number of allylic oxidation sites excluding steroid dienone is 2. The molecule has 0 radical (unpaired) electrons. The monoisotopic (exact) mass is 508 g/mol. The van der Waals surface area contributed by atoms with Crippen LogP contribution in [0, 0.1) is 5.92 Å². The second-order valence-electron chi connectivity index (χ2n) is 9.22. The van der Waals surface area contributed by atoms with E-state index in [9.17, 15) is 4.79 Å². The quantitative estimate of drug-likeness (QED) is 0.182. The summed E-state index contributed by atoms with van der Waals surface area (Å²) in [6, 6.07) is 20.8. The molecule has 4 aromatic rings. The fourth-order valence-corrected chi connectivity index (χ4v) is 4.07. The van der Waals surface area contributed by atoms with Crippen molar-refractivity contribution in [3.05, 3.63) is 120 Å². The molecule has 1 atom stereocenters. The van der Waals surface area contributed by atoms with E-state index >= 15 is 0 Å². The highest BCUT2D eigenvalue weighted by Gasteiger charge is 2.19. The number of para-hydroxylation sites is 1. The van der Waals surface area contributed by atoms with E-state index in [0.29, 0.717) is 17.7 Å². The van der Waals surface area contributed by atoms with Crippen LogP contribution in [0.15, 0.2) is 104 Å². The maximum absolute atomic E-state index is 13.0. The molecule has 0 amide bonds. The zero-order valence-electron chi connectivity index (χ0n) is 21.7. The van der Waals surface area contributed by atoms with Gasteiger partial charge in [0.25, 0.3) is 0 Å². The average molecular weight is 509 g/mol. The summed E-state index contributed by atoms with van der Waals surface area (Å²) in [6.07, 6.45) is 6.96. The van der Waals surface area contributed by atoms with Crippen LogP contribution in [-0.4, -0.2) is 34.3 Å². The van der Waals surface area contributed by atoms with Crippen LogP contribution in [0.2, 0.25) is 0 Å². The highest BCUT2D eigenvalue weighted by molar-refractivity contribution is 5.89. The molecule has 2 aromatic carbocycles. The molecule has 2 heterocycles. The molecule has 0 bridgehead atoms. The molecular weight excluding hydrogens is 476 g/mol. The van der Waals surface area contributed by atoms with Crippen LogP contribution in [0.5, 0.6) is 5.75 Å². The summed E-state index contributed by atoms with van der Waals surface area (Å²) in [4.78, 5) is 21.6. The molecule has 6 nitrogen and oxygen atoms in total. The number of hydrogen-bond acceptors (Lipinski definition) is 6. The van der Waals surface area contributed by atoms with Gasteiger partial charge >= 0.3 is 5.97 Å². The molecule has 0 fully saturated rings. The zero-order chi connectivity index (χ0) is 26.9. The lowest BCUT2D eigenvalue weighted by Gasteiger charge is -2.20. The summed E-state index contributed by atoms with van der Waals surface area (Å²) >= 11 is 0. The van der Waals surface area contributed by atoms with Gasteiger partial charge in [-0.1, -0.05) is 56.8 Å². The van der Waals surface area contributed by atoms with E-state index in [1.54, 1.807) is 24.5 Å². The molecule has 0 aliphatic heterocycles. The maximum atomic E-state index is 13.0. The standard InChI is InChI=1S/C32H32N2O4/c1-22(2)23(3)29(27-20-26-6-4-5-7-30(26)34-21-27)12-13-31(38-32(36)25-14-16-33-17-15-25)24-8-10-28(11-9-24)37-19-18-35/h4-12,14-17,20-22,31,35H,3,13,18-19H2,1-2H3/b29-12-/t31-/m1/s1. The van der Waals surface area contributed by atoms with Gasteiger partial charge in [0.2, 0.25) is 0 Å². The van der Waals surface area contributed by atoms with Gasteiger partial charge in [0, 0.05) is 36.0 Å². The van der Waals surface area contributed by atoms with Crippen molar-refractivity contribution in [2.24, 2.45) is 5.92 Å². The number of nitrogens with zero attached hydrogens (tertiary/aromatic N) is 2. The van der Waals surface area contributed by atoms with E-state index in [0.717, 1.165) is 33.2 Å². The Morgan fingerprint density at radius 1 is 1.03 bits per heavy atom. The summed E-state index contributed by atoms with van der Waals surface area (Å²) in [6.45, 7) is 8.72. The SMILES string of the molecule is C=C(/C(=C/C[C@@H](OC(=O)c1ccncc1)c1ccc(OCCO)cc1)c1cnc2ccccc2c1)C(C)C. The highest BCUT2D eigenvalue weighted by Crippen LogP contribution is 2.32. The van der Waals surface area contributed by atoms with Gasteiger partial charge in [0.15, 0.2) is 0 Å². The minimum absolute atomic E-state index is 0.0646. The Balaban J connectivity index is 1.68. The van der Waals surface area contributed by atoms with Crippen LogP contribution in [-0.2, 0) is 4.74 Å². The fourth-order valence-electron chi connectivity index (χ4n) is 4.07. The highest BCUT2D eigenvalue weighted by atomic mass is 16.5. The van der Waals surface area contributed by atoms with E-state index < -0.39 is 12.1 Å². The number of carbonyl (C=O) groups is 1. The Morgan fingerprint density at radius 2 is 1.76 bits per heavy atom. The lowest BCUT2D eigenvalue weighted by atomic mass is 9.90. The van der Waals surface area contributed by atoms with E-state index in [2.05, 4.69) is 42.5 Å². The van der Waals surface area contributed by atoms with E-state index in [1.807, 2.05) is 54.7 Å². The molecule has 0 spiro atoms. The number of aliphatic hydroxyl groups is 1. The first-order valence-electron chi connectivity index (χ1n) is 12.7. The molecule has 0 saturated heterocycles. The van der Waals surface area contributed by atoms with Crippen LogP contribution in [0.1, 0.15) is 47.9 Å². The molecule has 4 rings (SSSR count). The topological polar surface area (TPSA) is 81.5 Å². The summed E-state index contributed by atoms with van der Waals surface area (Å²) in [7, 11) is 0. The number of benzene rings is 2. The Hall–Kier alpha value is -4.29. The maximum Gasteiger partial charge on any atom is 0.338 e. The minimum Gasteiger partial charge on any atom is -0.491 e. The van der Waals surface area contributed by atoms with E-state index in [4.69, 9.17) is 14.6 Å². The average Bonchev–Trinajstić information content (AvgIpc) is 2.96. The van der Waals surface area contributed by atoms with Crippen molar-refractivity contribution in [1.82, 2.24) is 9.97 Å². The molecule has 6 heteroatoms. The van der Waals surface area contributed by atoms with E-state index in [1.165, 1.54) is 0 Å². The molecule has 0 aliphatic rings.